The van der Waals surface area contributed by atoms with Crippen LogP contribution in [-0.4, -0.2) is 30.7 Å². The topological polar surface area (TPSA) is 73.6 Å². The Morgan fingerprint density at radius 2 is 2.07 bits per heavy atom. The lowest BCUT2D eigenvalue weighted by Gasteiger charge is -1.95. The zero-order valence-electron chi connectivity index (χ0n) is 8.38. The van der Waals surface area contributed by atoms with Gasteiger partial charge in [-0.3, -0.25) is 14.5 Å². The van der Waals surface area contributed by atoms with Crippen LogP contribution in [-0.2, 0) is 7.05 Å². The summed E-state index contributed by atoms with van der Waals surface area (Å²) < 4.78 is 1.47. The third kappa shape index (κ3) is 1.88. The van der Waals surface area contributed by atoms with Crippen LogP contribution in [0.15, 0.2) is 18.6 Å². The Morgan fingerprint density at radius 1 is 1.27 bits per heavy atom. The van der Waals surface area contributed by atoms with Gasteiger partial charge in [0.2, 0.25) is 5.78 Å². The number of aryl methyl sites for hydroxylation is 2. The molecule has 0 unspecified atom stereocenters. The lowest BCUT2D eigenvalue weighted by Crippen LogP contribution is -2.05. The van der Waals surface area contributed by atoms with E-state index in [4.69, 9.17) is 0 Å². The molecule has 0 aliphatic rings. The van der Waals surface area contributed by atoms with E-state index >= 15 is 0 Å². The number of aromatic nitrogens is 5. The molecule has 76 valence electrons. The number of carbonyl (C=O) groups is 1. The van der Waals surface area contributed by atoms with Gasteiger partial charge < -0.3 is 0 Å². The summed E-state index contributed by atoms with van der Waals surface area (Å²) in [6.45, 7) is 1.81. The van der Waals surface area contributed by atoms with Crippen molar-refractivity contribution in [2.24, 2.45) is 7.05 Å². The predicted octanol–water partition coefficient (Wildman–Crippen LogP) is 0.145. The Balaban J connectivity index is 2.32. The molecule has 0 saturated carbocycles. The van der Waals surface area contributed by atoms with Crippen molar-refractivity contribution in [3.05, 3.63) is 35.7 Å². The molecular weight excluding hydrogens is 194 g/mol. The first kappa shape index (κ1) is 9.45. The van der Waals surface area contributed by atoms with Crippen molar-refractivity contribution >= 4 is 5.78 Å². The van der Waals surface area contributed by atoms with Crippen molar-refractivity contribution in [2.45, 2.75) is 6.92 Å². The minimum absolute atomic E-state index is 0.268. The van der Waals surface area contributed by atoms with Crippen molar-refractivity contribution < 1.29 is 4.79 Å². The zero-order chi connectivity index (χ0) is 10.8. The number of nitrogens with zero attached hydrogens (tertiary/aromatic N) is 5. The molecule has 0 aromatic carbocycles. The van der Waals surface area contributed by atoms with E-state index in [0.717, 1.165) is 5.69 Å². The first-order valence-electron chi connectivity index (χ1n) is 4.36. The molecule has 2 heterocycles. The highest BCUT2D eigenvalue weighted by Gasteiger charge is 2.14. The second-order valence-electron chi connectivity index (χ2n) is 3.15. The molecule has 6 nitrogen and oxygen atoms in total. The second-order valence-corrected chi connectivity index (χ2v) is 3.15. The van der Waals surface area contributed by atoms with Crippen molar-refractivity contribution in [3.63, 3.8) is 0 Å². The maximum Gasteiger partial charge on any atom is 0.234 e. The average molecular weight is 203 g/mol. The zero-order valence-corrected chi connectivity index (χ0v) is 8.38. The van der Waals surface area contributed by atoms with E-state index in [9.17, 15) is 4.79 Å². The van der Waals surface area contributed by atoms with Crippen LogP contribution in [0.1, 0.15) is 21.9 Å². The van der Waals surface area contributed by atoms with Crippen LogP contribution in [0.4, 0.5) is 0 Å². The summed E-state index contributed by atoms with van der Waals surface area (Å²) >= 11 is 0. The van der Waals surface area contributed by atoms with Crippen LogP contribution in [0, 0.1) is 6.92 Å². The molecule has 0 atom stereocenters. The van der Waals surface area contributed by atoms with Gasteiger partial charge in [-0.1, -0.05) is 5.21 Å². The van der Waals surface area contributed by atoms with Crippen molar-refractivity contribution in [1.29, 1.82) is 0 Å². The summed E-state index contributed by atoms with van der Waals surface area (Å²) in [7, 11) is 1.70. The van der Waals surface area contributed by atoms with Gasteiger partial charge in [-0.15, -0.1) is 5.10 Å². The molecule has 0 radical (unpaired) electrons. The normalized spacial score (nSPS) is 10.3. The van der Waals surface area contributed by atoms with Gasteiger partial charge in [0.1, 0.15) is 5.69 Å². The monoisotopic (exact) mass is 203 g/mol. The minimum atomic E-state index is -0.268. The van der Waals surface area contributed by atoms with E-state index in [0.29, 0.717) is 0 Å². The highest BCUT2D eigenvalue weighted by atomic mass is 16.1. The Hall–Kier alpha value is -2.11. The van der Waals surface area contributed by atoms with E-state index in [2.05, 4.69) is 20.3 Å². The summed E-state index contributed by atoms with van der Waals surface area (Å²) in [6, 6.07) is 0. The number of carbonyl (C=O) groups excluding carboxylic acids is 1. The van der Waals surface area contributed by atoms with Gasteiger partial charge in [0.25, 0.3) is 0 Å². The van der Waals surface area contributed by atoms with Gasteiger partial charge in [-0.25, -0.2) is 4.98 Å². The Morgan fingerprint density at radius 3 is 2.60 bits per heavy atom. The fraction of sp³-hybridized carbons (Fsp3) is 0.222. The van der Waals surface area contributed by atoms with E-state index in [1.54, 1.807) is 19.4 Å². The molecule has 15 heavy (non-hydrogen) atoms. The number of rotatable bonds is 2. The maximum absolute atomic E-state index is 11.8. The molecule has 0 spiro atoms. The summed E-state index contributed by atoms with van der Waals surface area (Å²) in [6.07, 6.45) is 4.53. The lowest BCUT2D eigenvalue weighted by molar-refractivity contribution is 0.102. The van der Waals surface area contributed by atoms with Gasteiger partial charge >= 0.3 is 0 Å². The van der Waals surface area contributed by atoms with Crippen molar-refractivity contribution in [2.75, 3.05) is 0 Å². The molecule has 2 rings (SSSR count). The molecule has 0 saturated heterocycles. The van der Waals surface area contributed by atoms with Crippen LogP contribution >= 0.6 is 0 Å². The molecule has 0 aliphatic heterocycles. The van der Waals surface area contributed by atoms with Gasteiger partial charge in [-0.2, -0.15) is 0 Å². The van der Waals surface area contributed by atoms with E-state index < -0.39 is 0 Å². The van der Waals surface area contributed by atoms with Crippen LogP contribution in [0.2, 0.25) is 0 Å². The van der Waals surface area contributed by atoms with Gasteiger partial charge in [0.15, 0.2) is 5.69 Å². The fourth-order valence-corrected chi connectivity index (χ4v) is 1.09. The molecule has 2 aromatic heterocycles. The maximum atomic E-state index is 11.8. The molecular formula is C9H9N5O. The average Bonchev–Trinajstić information content (AvgIpc) is 2.65. The van der Waals surface area contributed by atoms with Crippen molar-refractivity contribution in [3.8, 4) is 0 Å². The van der Waals surface area contributed by atoms with Crippen LogP contribution in [0.5, 0.6) is 0 Å². The van der Waals surface area contributed by atoms with Gasteiger partial charge in [0, 0.05) is 13.2 Å². The minimum Gasteiger partial charge on any atom is -0.285 e. The van der Waals surface area contributed by atoms with E-state index in [1.807, 2.05) is 6.92 Å². The first-order chi connectivity index (χ1) is 7.16. The molecule has 0 N–H and O–H groups in total. The molecule has 0 bridgehead atoms. The van der Waals surface area contributed by atoms with E-state index in [-0.39, 0.29) is 17.2 Å². The van der Waals surface area contributed by atoms with E-state index in [1.165, 1.54) is 10.9 Å². The Labute approximate surface area is 86.0 Å². The summed E-state index contributed by atoms with van der Waals surface area (Å²) in [5.74, 6) is -0.268. The fourth-order valence-electron chi connectivity index (χ4n) is 1.09. The highest BCUT2D eigenvalue weighted by molar-refractivity contribution is 6.05. The smallest absolute Gasteiger partial charge is 0.234 e. The number of ketones is 1. The highest BCUT2D eigenvalue weighted by Crippen LogP contribution is 2.02. The quantitative estimate of drug-likeness (QED) is 0.649. The summed E-state index contributed by atoms with van der Waals surface area (Å²) in [4.78, 5) is 19.7. The Bertz CT molecular complexity index is 487. The molecule has 2 aromatic rings. The standard InChI is InChI=1S/C9H9N5O/c1-6-3-11-7(4-10-6)9(15)8-5-14(2)13-12-8/h3-5H,1-2H3. The Kier molecular flexibility index (Phi) is 2.24. The second kappa shape index (κ2) is 3.56. The number of hydrogen-bond donors (Lipinski definition) is 0. The predicted molar refractivity (Wildman–Crippen MR) is 51.2 cm³/mol. The largest absolute Gasteiger partial charge is 0.285 e. The van der Waals surface area contributed by atoms with Crippen LogP contribution < -0.4 is 0 Å². The third-order valence-corrected chi connectivity index (χ3v) is 1.85. The van der Waals surface area contributed by atoms with Crippen molar-refractivity contribution in [1.82, 2.24) is 25.0 Å². The molecule has 0 aliphatic carbocycles. The van der Waals surface area contributed by atoms with Gasteiger partial charge in [0.05, 0.1) is 18.1 Å². The lowest BCUT2D eigenvalue weighted by atomic mass is 10.2. The summed E-state index contributed by atoms with van der Waals surface area (Å²) in [5.41, 5.74) is 1.32. The molecule has 0 amide bonds. The van der Waals surface area contributed by atoms with Gasteiger partial charge in [-0.05, 0) is 6.92 Å². The SMILES string of the molecule is Cc1cnc(C(=O)c2cn(C)nn2)cn1. The number of hydrogen-bond acceptors (Lipinski definition) is 5. The molecule has 0 fully saturated rings. The third-order valence-electron chi connectivity index (χ3n) is 1.85. The van der Waals surface area contributed by atoms with Crippen LogP contribution in [0.25, 0.3) is 0 Å². The van der Waals surface area contributed by atoms with Crippen LogP contribution in [0.3, 0.4) is 0 Å². The first-order valence-corrected chi connectivity index (χ1v) is 4.36. The summed E-state index contributed by atoms with van der Waals surface area (Å²) in [5, 5.41) is 7.39. The molecule has 6 heteroatoms.